The predicted molar refractivity (Wildman–Crippen MR) is 79.0 cm³/mol. The summed E-state index contributed by atoms with van der Waals surface area (Å²) < 4.78 is 39.2. The summed E-state index contributed by atoms with van der Waals surface area (Å²) in [4.78, 5) is 1.02. The van der Waals surface area contributed by atoms with Crippen molar-refractivity contribution in [3.8, 4) is 6.07 Å². The van der Waals surface area contributed by atoms with Crippen molar-refractivity contribution in [1.82, 2.24) is 4.31 Å². The van der Waals surface area contributed by atoms with Gasteiger partial charge in [-0.1, -0.05) is 6.07 Å². The van der Waals surface area contributed by atoms with E-state index >= 15 is 0 Å². The van der Waals surface area contributed by atoms with Crippen LogP contribution in [0.1, 0.15) is 10.4 Å². The maximum Gasteiger partial charge on any atom is 0.242 e. The van der Waals surface area contributed by atoms with Gasteiger partial charge in [0.05, 0.1) is 10.5 Å². The Kier molecular flexibility index (Phi) is 4.73. The Balaban J connectivity index is 2.19. The third-order valence-electron chi connectivity index (χ3n) is 3.02. The Morgan fingerprint density at radius 1 is 1.38 bits per heavy atom. The SMILES string of the molecule is CN(CCc1cccs1)S(=O)(=O)c1ccc(F)c(C#N)c1. The van der Waals surface area contributed by atoms with Crippen molar-refractivity contribution in [1.29, 1.82) is 5.26 Å². The van der Waals surface area contributed by atoms with Gasteiger partial charge in [0.1, 0.15) is 11.9 Å². The number of halogens is 1. The van der Waals surface area contributed by atoms with Crippen LogP contribution in [0.3, 0.4) is 0 Å². The largest absolute Gasteiger partial charge is 0.242 e. The molecule has 0 fully saturated rings. The van der Waals surface area contributed by atoms with E-state index in [-0.39, 0.29) is 10.5 Å². The minimum absolute atomic E-state index is 0.0749. The number of benzene rings is 1. The van der Waals surface area contributed by atoms with Crippen LogP contribution in [-0.4, -0.2) is 26.3 Å². The number of nitrogens with zero attached hydrogens (tertiary/aromatic N) is 2. The first-order valence-electron chi connectivity index (χ1n) is 6.13. The molecular formula is C14H13FN2O2S2. The summed E-state index contributed by atoms with van der Waals surface area (Å²) in [6.07, 6.45) is 0.611. The van der Waals surface area contributed by atoms with Crippen molar-refractivity contribution in [2.24, 2.45) is 0 Å². The number of thiophene rings is 1. The molecule has 110 valence electrons. The highest BCUT2D eigenvalue weighted by Crippen LogP contribution is 2.19. The van der Waals surface area contributed by atoms with Gasteiger partial charge in [-0.15, -0.1) is 11.3 Å². The zero-order valence-electron chi connectivity index (χ0n) is 11.3. The van der Waals surface area contributed by atoms with Gasteiger partial charge < -0.3 is 0 Å². The molecule has 0 N–H and O–H groups in total. The molecule has 0 atom stereocenters. The minimum Gasteiger partial charge on any atom is -0.207 e. The first kappa shape index (κ1) is 15.6. The van der Waals surface area contributed by atoms with E-state index in [1.807, 2.05) is 17.5 Å². The van der Waals surface area contributed by atoms with Gasteiger partial charge in [-0.2, -0.15) is 5.26 Å². The van der Waals surface area contributed by atoms with Gasteiger partial charge in [0, 0.05) is 18.5 Å². The lowest BCUT2D eigenvalue weighted by Crippen LogP contribution is -2.29. The highest BCUT2D eigenvalue weighted by molar-refractivity contribution is 7.89. The molecule has 0 aliphatic heterocycles. The van der Waals surface area contributed by atoms with Crippen LogP contribution < -0.4 is 0 Å². The summed E-state index contributed by atoms with van der Waals surface area (Å²) in [5.74, 6) is -0.724. The molecule has 0 aliphatic rings. The lowest BCUT2D eigenvalue weighted by molar-refractivity contribution is 0.473. The summed E-state index contributed by atoms with van der Waals surface area (Å²) in [6.45, 7) is 0.322. The molecule has 0 saturated carbocycles. The fourth-order valence-corrected chi connectivity index (χ4v) is 3.67. The second kappa shape index (κ2) is 6.35. The van der Waals surface area contributed by atoms with E-state index in [0.717, 1.165) is 17.0 Å². The molecule has 0 bridgehead atoms. The second-order valence-electron chi connectivity index (χ2n) is 4.41. The molecule has 1 heterocycles. The van der Waals surface area contributed by atoms with Gasteiger partial charge in [0.15, 0.2) is 0 Å². The Bertz CT molecular complexity index is 765. The lowest BCUT2D eigenvalue weighted by atomic mass is 10.2. The van der Waals surface area contributed by atoms with Crippen LogP contribution in [0.25, 0.3) is 0 Å². The monoisotopic (exact) mass is 324 g/mol. The second-order valence-corrected chi connectivity index (χ2v) is 7.49. The molecule has 4 nitrogen and oxygen atoms in total. The molecule has 7 heteroatoms. The molecule has 0 saturated heterocycles. The molecule has 1 aromatic heterocycles. The molecule has 0 spiro atoms. The fourth-order valence-electron chi connectivity index (χ4n) is 1.77. The smallest absolute Gasteiger partial charge is 0.207 e. The van der Waals surface area contributed by atoms with Crippen LogP contribution in [0.2, 0.25) is 0 Å². The third kappa shape index (κ3) is 3.47. The van der Waals surface area contributed by atoms with E-state index in [1.165, 1.54) is 17.4 Å². The van der Waals surface area contributed by atoms with Gasteiger partial charge in [-0.25, -0.2) is 17.1 Å². The number of likely N-dealkylation sites (N-methyl/N-ethyl adjacent to an activating group) is 1. The van der Waals surface area contributed by atoms with Crippen LogP contribution in [-0.2, 0) is 16.4 Å². The average Bonchev–Trinajstić information content (AvgIpc) is 2.98. The molecular weight excluding hydrogens is 311 g/mol. The molecule has 2 aromatic rings. The van der Waals surface area contributed by atoms with Gasteiger partial charge in [0.25, 0.3) is 0 Å². The van der Waals surface area contributed by atoms with Gasteiger partial charge in [-0.05, 0) is 36.1 Å². The zero-order valence-corrected chi connectivity index (χ0v) is 12.9. The summed E-state index contributed by atoms with van der Waals surface area (Å²) >= 11 is 1.57. The average molecular weight is 324 g/mol. The molecule has 0 aliphatic carbocycles. The number of hydrogen-bond donors (Lipinski definition) is 0. The van der Waals surface area contributed by atoms with Crippen molar-refractivity contribution in [2.45, 2.75) is 11.3 Å². The van der Waals surface area contributed by atoms with E-state index in [1.54, 1.807) is 17.4 Å². The predicted octanol–water partition coefficient (Wildman–Crippen LogP) is 2.62. The molecule has 2 rings (SSSR count). The lowest BCUT2D eigenvalue weighted by Gasteiger charge is -2.17. The number of hydrogen-bond acceptors (Lipinski definition) is 4. The van der Waals surface area contributed by atoms with E-state index in [4.69, 9.17) is 5.26 Å². The molecule has 0 radical (unpaired) electrons. The first-order chi connectivity index (χ1) is 9.95. The normalized spacial score (nSPS) is 11.5. The fraction of sp³-hybridized carbons (Fsp3) is 0.214. The summed E-state index contributed by atoms with van der Waals surface area (Å²) in [6, 6.07) is 8.73. The van der Waals surface area contributed by atoms with E-state index in [2.05, 4.69) is 0 Å². The zero-order chi connectivity index (χ0) is 15.5. The van der Waals surface area contributed by atoms with Crippen LogP contribution in [0, 0.1) is 17.1 Å². The van der Waals surface area contributed by atoms with E-state index < -0.39 is 15.8 Å². The summed E-state index contributed by atoms with van der Waals surface area (Å²) in [7, 11) is -2.25. The topological polar surface area (TPSA) is 61.2 Å². The van der Waals surface area contributed by atoms with Crippen molar-refractivity contribution >= 4 is 21.4 Å². The quantitative estimate of drug-likeness (QED) is 0.849. The summed E-state index contributed by atoms with van der Waals surface area (Å²) in [5.41, 5.74) is -0.275. The van der Waals surface area contributed by atoms with Gasteiger partial charge >= 0.3 is 0 Å². The van der Waals surface area contributed by atoms with Gasteiger partial charge in [-0.3, -0.25) is 0 Å². The maximum absolute atomic E-state index is 13.3. The number of nitriles is 1. The number of rotatable bonds is 5. The highest BCUT2D eigenvalue weighted by Gasteiger charge is 2.21. The number of sulfonamides is 1. The minimum atomic E-state index is -3.72. The van der Waals surface area contributed by atoms with Crippen molar-refractivity contribution < 1.29 is 12.8 Å². The van der Waals surface area contributed by atoms with Crippen molar-refractivity contribution in [3.05, 3.63) is 52.0 Å². The third-order valence-corrected chi connectivity index (χ3v) is 5.81. The Hall–Kier alpha value is -1.75. The molecule has 0 unspecified atom stereocenters. The van der Waals surface area contributed by atoms with Crippen LogP contribution in [0.15, 0.2) is 40.6 Å². The van der Waals surface area contributed by atoms with Crippen molar-refractivity contribution in [3.63, 3.8) is 0 Å². The van der Waals surface area contributed by atoms with Crippen molar-refractivity contribution in [2.75, 3.05) is 13.6 Å². The summed E-state index contributed by atoms with van der Waals surface area (Å²) in [5, 5.41) is 10.7. The maximum atomic E-state index is 13.3. The van der Waals surface area contributed by atoms with E-state index in [0.29, 0.717) is 13.0 Å². The molecule has 0 amide bonds. The Morgan fingerprint density at radius 3 is 2.76 bits per heavy atom. The molecule has 1 aromatic carbocycles. The van der Waals surface area contributed by atoms with E-state index in [9.17, 15) is 12.8 Å². The van der Waals surface area contributed by atoms with Gasteiger partial charge in [0.2, 0.25) is 10.0 Å². The standard InChI is InChI=1S/C14H13FN2O2S2/c1-17(7-6-12-3-2-8-20-12)21(18,19)13-4-5-14(15)11(9-13)10-16/h2-5,8-9H,6-7H2,1H3. The first-order valence-corrected chi connectivity index (χ1v) is 8.45. The Labute approximate surface area is 127 Å². The van der Waals surface area contributed by atoms with Crippen LogP contribution in [0.5, 0.6) is 0 Å². The van der Waals surface area contributed by atoms with Crippen LogP contribution >= 0.6 is 11.3 Å². The highest BCUT2D eigenvalue weighted by atomic mass is 32.2. The Morgan fingerprint density at radius 2 is 2.14 bits per heavy atom. The molecule has 21 heavy (non-hydrogen) atoms. The van der Waals surface area contributed by atoms with Crippen LogP contribution in [0.4, 0.5) is 4.39 Å².